The van der Waals surface area contributed by atoms with Crippen LogP contribution < -0.4 is 0 Å². The number of hydrogen-bond donors (Lipinski definition) is 2. The van der Waals surface area contributed by atoms with Crippen molar-refractivity contribution >= 4 is 11.9 Å². The SMILES string of the molecule is CC1=CCC2(C)CCC(C(C(=O)O)C(=O)O)C2CC=C(C)C2CCC(C)C2=CC1. The van der Waals surface area contributed by atoms with Crippen molar-refractivity contribution in [2.75, 3.05) is 0 Å². The number of aliphatic carboxylic acids is 2. The molecule has 0 bridgehead atoms. The Bertz CT molecular complexity index is 745. The van der Waals surface area contributed by atoms with Crippen LogP contribution in [0.2, 0.25) is 0 Å². The summed E-state index contributed by atoms with van der Waals surface area (Å²) in [4.78, 5) is 23.5. The molecular formula is C25H36O4. The fraction of sp³-hybridized carbons (Fsp3) is 0.680. The standard InChI is InChI=1S/C25H36O4/c1-15-5-8-18-16(2)6-9-19(18)17(3)7-10-21-20(22(23(26)27)24(28)29)12-14-25(21,4)13-11-15/h7-8,11,16,19-22H,5-6,9-10,12-14H2,1-4H3,(H,26,27)(H,28,29). The Labute approximate surface area is 174 Å². The fourth-order valence-electron chi connectivity index (χ4n) is 6.14. The van der Waals surface area contributed by atoms with E-state index in [4.69, 9.17) is 0 Å². The monoisotopic (exact) mass is 400 g/mol. The van der Waals surface area contributed by atoms with Crippen LogP contribution >= 0.6 is 0 Å². The van der Waals surface area contributed by atoms with Gasteiger partial charge in [0.05, 0.1) is 0 Å². The minimum absolute atomic E-state index is 0.0550. The second kappa shape index (κ2) is 8.49. The average Bonchev–Trinajstić information content (AvgIpc) is 3.16. The number of hydrogen-bond acceptors (Lipinski definition) is 2. The van der Waals surface area contributed by atoms with E-state index in [2.05, 4.69) is 45.9 Å². The number of carboxylic acids is 2. The summed E-state index contributed by atoms with van der Waals surface area (Å²) in [6, 6.07) is 0. The molecule has 0 aromatic carbocycles. The van der Waals surface area contributed by atoms with Crippen LogP contribution in [-0.2, 0) is 9.59 Å². The molecule has 0 aliphatic heterocycles. The molecule has 0 heterocycles. The molecule has 4 nitrogen and oxygen atoms in total. The van der Waals surface area contributed by atoms with Crippen molar-refractivity contribution < 1.29 is 19.8 Å². The van der Waals surface area contributed by atoms with Crippen LogP contribution in [0, 0.1) is 35.0 Å². The highest BCUT2D eigenvalue weighted by atomic mass is 16.4. The summed E-state index contributed by atoms with van der Waals surface area (Å²) in [5.41, 5.74) is 4.22. The predicted octanol–water partition coefficient (Wildman–Crippen LogP) is 5.85. The quantitative estimate of drug-likeness (QED) is 0.460. The minimum Gasteiger partial charge on any atom is -0.481 e. The van der Waals surface area contributed by atoms with E-state index in [0.29, 0.717) is 18.3 Å². The molecule has 4 heteroatoms. The van der Waals surface area contributed by atoms with Gasteiger partial charge in [0.2, 0.25) is 0 Å². The first-order chi connectivity index (χ1) is 13.6. The molecule has 5 atom stereocenters. The first-order valence-electron chi connectivity index (χ1n) is 11.1. The number of carbonyl (C=O) groups is 2. The predicted molar refractivity (Wildman–Crippen MR) is 114 cm³/mol. The van der Waals surface area contributed by atoms with E-state index in [1.54, 1.807) is 5.57 Å². The molecule has 3 aliphatic carbocycles. The Balaban J connectivity index is 1.99. The van der Waals surface area contributed by atoms with Gasteiger partial charge < -0.3 is 10.2 Å². The van der Waals surface area contributed by atoms with Gasteiger partial charge in [-0.05, 0) is 82.0 Å². The zero-order valence-corrected chi connectivity index (χ0v) is 18.3. The lowest BCUT2D eigenvalue weighted by atomic mass is 9.69. The molecule has 3 rings (SSSR count). The first-order valence-corrected chi connectivity index (χ1v) is 11.1. The molecule has 2 fully saturated rings. The van der Waals surface area contributed by atoms with Crippen LogP contribution in [0.4, 0.5) is 0 Å². The van der Waals surface area contributed by atoms with E-state index in [-0.39, 0.29) is 17.3 Å². The molecule has 29 heavy (non-hydrogen) atoms. The molecular weight excluding hydrogens is 364 g/mol. The van der Waals surface area contributed by atoms with Gasteiger partial charge in [0, 0.05) is 5.92 Å². The smallest absolute Gasteiger partial charge is 0.318 e. The lowest BCUT2D eigenvalue weighted by molar-refractivity contribution is -0.158. The summed E-state index contributed by atoms with van der Waals surface area (Å²) >= 11 is 0. The van der Waals surface area contributed by atoms with E-state index in [1.165, 1.54) is 24.0 Å². The van der Waals surface area contributed by atoms with Gasteiger partial charge in [-0.15, -0.1) is 0 Å². The summed E-state index contributed by atoms with van der Waals surface area (Å²) < 4.78 is 0. The second-order valence-corrected chi connectivity index (χ2v) is 9.99. The molecule has 3 aliphatic rings. The van der Waals surface area contributed by atoms with Crippen LogP contribution in [-0.4, -0.2) is 22.2 Å². The third-order valence-corrected chi connectivity index (χ3v) is 8.10. The number of allylic oxidation sites excluding steroid dienone is 6. The van der Waals surface area contributed by atoms with E-state index in [9.17, 15) is 19.8 Å². The highest BCUT2D eigenvalue weighted by Crippen LogP contribution is 2.54. The third kappa shape index (κ3) is 4.36. The molecule has 0 aromatic heterocycles. The van der Waals surface area contributed by atoms with Gasteiger partial charge in [-0.1, -0.05) is 48.8 Å². The van der Waals surface area contributed by atoms with Gasteiger partial charge in [-0.2, -0.15) is 0 Å². The highest BCUT2D eigenvalue weighted by molar-refractivity contribution is 5.93. The summed E-state index contributed by atoms with van der Waals surface area (Å²) in [5, 5.41) is 19.2. The molecule has 0 aromatic rings. The fourth-order valence-corrected chi connectivity index (χ4v) is 6.14. The number of rotatable bonds is 3. The zero-order chi connectivity index (χ0) is 21.3. The maximum absolute atomic E-state index is 11.8. The third-order valence-electron chi connectivity index (χ3n) is 8.10. The van der Waals surface area contributed by atoms with E-state index < -0.39 is 17.9 Å². The van der Waals surface area contributed by atoms with Crippen LogP contribution in [0.3, 0.4) is 0 Å². The molecule has 160 valence electrons. The van der Waals surface area contributed by atoms with Gasteiger partial charge in [0.25, 0.3) is 0 Å². The van der Waals surface area contributed by atoms with Gasteiger partial charge >= 0.3 is 11.9 Å². The average molecular weight is 401 g/mol. The summed E-state index contributed by atoms with van der Waals surface area (Å²) in [6.07, 6.45) is 13.6. The Morgan fingerprint density at radius 1 is 1.07 bits per heavy atom. The summed E-state index contributed by atoms with van der Waals surface area (Å²) in [7, 11) is 0. The highest BCUT2D eigenvalue weighted by Gasteiger charge is 2.50. The maximum atomic E-state index is 11.8. The molecule has 0 spiro atoms. The van der Waals surface area contributed by atoms with Gasteiger partial charge in [-0.25, -0.2) is 0 Å². The van der Waals surface area contributed by atoms with Crippen molar-refractivity contribution in [2.45, 2.75) is 72.6 Å². The zero-order valence-electron chi connectivity index (χ0n) is 18.3. The lowest BCUT2D eigenvalue weighted by Gasteiger charge is -2.35. The number of fused-ring (bicyclic) bond motifs is 2. The normalized spacial score (nSPS) is 35.6. The van der Waals surface area contributed by atoms with Crippen LogP contribution in [0.1, 0.15) is 72.6 Å². The first kappa shape index (κ1) is 21.9. The molecule has 0 radical (unpaired) electrons. The summed E-state index contributed by atoms with van der Waals surface area (Å²) in [5.74, 6) is -2.83. The van der Waals surface area contributed by atoms with Crippen LogP contribution in [0.25, 0.3) is 0 Å². The number of carboxylic acid groups (broad SMARTS) is 2. The second-order valence-electron chi connectivity index (χ2n) is 9.99. The maximum Gasteiger partial charge on any atom is 0.318 e. The van der Waals surface area contributed by atoms with Crippen molar-refractivity contribution in [3.05, 3.63) is 34.9 Å². The van der Waals surface area contributed by atoms with Crippen LogP contribution in [0.15, 0.2) is 34.9 Å². The van der Waals surface area contributed by atoms with E-state index >= 15 is 0 Å². The molecule has 2 saturated carbocycles. The Kier molecular flexibility index (Phi) is 6.40. The van der Waals surface area contributed by atoms with Crippen LogP contribution in [0.5, 0.6) is 0 Å². The van der Waals surface area contributed by atoms with E-state index in [0.717, 1.165) is 25.7 Å². The summed E-state index contributed by atoms with van der Waals surface area (Å²) in [6.45, 7) is 8.94. The van der Waals surface area contributed by atoms with Crippen molar-refractivity contribution in [2.24, 2.45) is 35.0 Å². The topological polar surface area (TPSA) is 74.6 Å². The Hall–Kier alpha value is -1.84. The Morgan fingerprint density at radius 2 is 1.76 bits per heavy atom. The van der Waals surface area contributed by atoms with Crippen molar-refractivity contribution in [1.29, 1.82) is 0 Å². The largest absolute Gasteiger partial charge is 0.481 e. The van der Waals surface area contributed by atoms with Crippen molar-refractivity contribution in [3.8, 4) is 0 Å². The Morgan fingerprint density at radius 3 is 2.41 bits per heavy atom. The van der Waals surface area contributed by atoms with Gasteiger partial charge in [-0.3, -0.25) is 9.59 Å². The molecule has 0 saturated heterocycles. The lowest BCUT2D eigenvalue weighted by Crippen LogP contribution is -2.36. The van der Waals surface area contributed by atoms with Crippen molar-refractivity contribution in [3.63, 3.8) is 0 Å². The van der Waals surface area contributed by atoms with Crippen molar-refractivity contribution in [1.82, 2.24) is 0 Å². The minimum atomic E-state index is -1.31. The van der Waals surface area contributed by atoms with Gasteiger partial charge in [0.1, 0.15) is 0 Å². The molecule has 2 N–H and O–H groups in total. The van der Waals surface area contributed by atoms with E-state index in [1.807, 2.05) is 0 Å². The molecule has 5 unspecified atom stereocenters. The van der Waals surface area contributed by atoms with Gasteiger partial charge in [0.15, 0.2) is 5.92 Å². The molecule has 0 amide bonds.